The lowest BCUT2D eigenvalue weighted by atomic mass is 9.75. The van der Waals surface area contributed by atoms with Gasteiger partial charge in [-0.1, -0.05) is 19.3 Å². The summed E-state index contributed by atoms with van der Waals surface area (Å²) in [5.74, 6) is 6.79. The van der Waals surface area contributed by atoms with Gasteiger partial charge >= 0.3 is 0 Å². The monoisotopic (exact) mass is 211 g/mol. The van der Waals surface area contributed by atoms with Gasteiger partial charge in [-0.25, -0.2) is 5.84 Å². The average molecular weight is 211 g/mol. The fraction of sp³-hybridized carbons (Fsp3) is 0.909. The molecule has 2 atom stereocenters. The number of nitrogens with two attached hydrogens (primary N) is 1. The van der Waals surface area contributed by atoms with E-state index in [2.05, 4.69) is 10.3 Å². The van der Waals surface area contributed by atoms with Crippen LogP contribution in [-0.2, 0) is 4.79 Å². The number of hydrazine groups is 1. The van der Waals surface area contributed by atoms with E-state index < -0.39 is 0 Å². The Balaban J connectivity index is 1.83. The normalized spacial score (nSPS) is 32.1. The second kappa shape index (κ2) is 4.94. The topological polar surface area (TPSA) is 58.4 Å². The maximum atomic E-state index is 11.2. The Morgan fingerprint density at radius 3 is 2.73 bits per heavy atom. The Morgan fingerprint density at radius 2 is 2.00 bits per heavy atom. The smallest absolute Gasteiger partial charge is 0.248 e. The van der Waals surface area contributed by atoms with Crippen LogP contribution in [0.1, 0.15) is 32.1 Å². The molecule has 1 saturated heterocycles. The van der Waals surface area contributed by atoms with Crippen LogP contribution in [-0.4, -0.2) is 30.4 Å². The van der Waals surface area contributed by atoms with Gasteiger partial charge in [0.05, 0.1) is 6.54 Å². The van der Waals surface area contributed by atoms with Gasteiger partial charge in [0.25, 0.3) is 0 Å². The van der Waals surface area contributed by atoms with Crippen molar-refractivity contribution in [3.05, 3.63) is 0 Å². The molecule has 0 spiro atoms. The number of carbonyl (C=O) groups is 1. The maximum Gasteiger partial charge on any atom is 0.248 e. The third-order valence-electron chi connectivity index (χ3n) is 3.90. The number of carbonyl (C=O) groups excluding carboxylic acids is 1. The lowest BCUT2D eigenvalue weighted by Crippen LogP contribution is -2.47. The second-order valence-corrected chi connectivity index (χ2v) is 4.90. The first-order valence-corrected chi connectivity index (χ1v) is 6.01. The largest absolute Gasteiger partial charge is 0.294 e. The Labute approximate surface area is 91.2 Å². The van der Waals surface area contributed by atoms with Gasteiger partial charge in [0.1, 0.15) is 0 Å². The molecule has 2 rings (SSSR count). The van der Waals surface area contributed by atoms with Gasteiger partial charge in [0.2, 0.25) is 5.91 Å². The zero-order valence-corrected chi connectivity index (χ0v) is 9.24. The number of piperidine rings is 1. The molecule has 2 aliphatic rings. The molecular formula is C11H21N3O. The van der Waals surface area contributed by atoms with E-state index in [4.69, 9.17) is 5.84 Å². The van der Waals surface area contributed by atoms with Crippen molar-refractivity contribution in [1.29, 1.82) is 0 Å². The summed E-state index contributed by atoms with van der Waals surface area (Å²) in [4.78, 5) is 13.4. The molecule has 1 aliphatic carbocycles. The van der Waals surface area contributed by atoms with E-state index in [1.165, 1.54) is 32.1 Å². The Kier molecular flexibility index (Phi) is 3.59. The maximum absolute atomic E-state index is 11.2. The van der Waals surface area contributed by atoms with E-state index in [-0.39, 0.29) is 5.91 Å². The number of amides is 1. The fourth-order valence-corrected chi connectivity index (χ4v) is 3.07. The summed E-state index contributed by atoms with van der Waals surface area (Å²) in [6.07, 6.45) is 6.80. The third-order valence-corrected chi connectivity index (χ3v) is 3.90. The highest BCUT2D eigenvalue weighted by molar-refractivity contribution is 5.77. The molecule has 1 aliphatic heterocycles. The third kappa shape index (κ3) is 2.69. The van der Waals surface area contributed by atoms with Crippen LogP contribution in [0.15, 0.2) is 0 Å². The van der Waals surface area contributed by atoms with Gasteiger partial charge in [-0.2, -0.15) is 0 Å². The quantitative estimate of drug-likeness (QED) is 0.397. The van der Waals surface area contributed by atoms with E-state index in [0.717, 1.165) is 24.9 Å². The molecule has 4 heteroatoms. The van der Waals surface area contributed by atoms with Crippen molar-refractivity contribution < 1.29 is 4.79 Å². The minimum absolute atomic E-state index is 0.0655. The number of likely N-dealkylation sites (tertiary alicyclic amines) is 1. The van der Waals surface area contributed by atoms with Crippen molar-refractivity contribution in [2.24, 2.45) is 17.7 Å². The predicted octanol–water partition coefficient (Wildman–Crippen LogP) is 0.488. The molecule has 15 heavy (non-hydrogen) atoms. The number of fused-ring (bicyclic) bond motifs is 1. The van der Waals surface area contributed by atoms with Gasteiger partial charge in [0.15, 0.2) is 0 Å². The molecule has 2 fully saturated rings. The molecule has 0 bridgehead atoms. The molecule has 1 saturated carbocycles. The van der Waals surface area contributed by atoms with Gasteiger partial charge in [0, 0.05) is 6.54 Å². The van der Waals surface area contributed by atoms with Crippen molar-refractivity contribution in [3.8, 4) is 0 Å². The van der Waals surface area contributed by atoms with Crippen molar-refractivity contribution >= 4 is 5.91 Å². The molecule has 2 unspecified atom stereocenters. The van der Waals surface area contributed by atoms with Gasteiger partial charge in [-0.05, 0) is 31.2 Å². The lowest BCUT2D eigenvalue weighted by molar-refractivity contribution is -0.123. The molecule has 0 aromatic carbocycles. The van der Waals surface area contributed by atoms with Crippen LogP contribution < -0.4 is 11.3 Å². The molecule has 3 N–H and O–H groups in total. The molecule has 4 nitrogen and oxygen atoms in total. The first-order chi connectivity index (χ1) is 7.29. The number of hydrogen-bond donors (Lipinski definition) is 2. The van der Waals surface area contributed by atoms with Crippen LogP contribution in [0, 0.1) is 11.8 Å². The van der Waals surface area contributed by atoms with E-state index in [0.29, 0.717) is 6.54 Å². The molecule has 0 radical (unpaired) electrons. The summed E-state index contributed by atoms with van der Waals surface area (Å²) in [5, 5.41) is 0. The van der Waals surface area contributed by atoms with Crippen molar-refractivity contribution in [1.82, 2.24) is 10.3 Å². The van der Waals surface area contributed by atoms with Crippen molar-refractivity contribution in [2.75, 3.05) is 19.6 Å². The summed E-state index contributed by atoms with van der Waals surface area (Å²) < 4.78 is 0. The van der Waals surface area contributed by atoms with Crippen LogP contribution >= 0.6 is 0 Å². The van der Waals surface area contributed by atoms with E-state index in [1.807, 2.05) is 0 Å². The second-order valence-electron chi connectivity index (χ2n) is 4.90. The first kappa shape index (κ1) is 10.9. The minimum atomic E-state index is -0.0655. The van der Waals surface area contributed by atoms with Gasteiger partial charge in [-0.15, -0.1) is 0 Å². The highest BCUT2D eigenvalue weighted by Crippen LogP contribution is 2.35. The zero-order chi connectivity index (χ0) is 10.7. The summed E-state index contributed by atoms with van der Waals surface area (Å²) in [7, 11) is 0. The highest BCUT2D eigenvalue weighted by atomic mass is 16.2. The number of rotatable bonds is 2. The van der Waals surface area contributed by atoms with Crippen LogP contribution in [0.5, 0.6) is 0 Å². The van der Waals surface area contributed by atoms with E-state index >= 15 is 0 Å². The van der Waals surface area contributed by atoms with Gasteiger partial charge < -0.3 is 0 Å². The first-order valence-electron chi connectivity index (χ1n) is 6.01. The van der Waals surface area contributed by atoms with Crippen LogP contribution in [0.4, 0.5) is 0 Å². The molecular weight excluding hydrogens is 190 g/mol. The Morgan fingerprint density at radius 1 is 1.27 bits per heavy atom. The van der Waals surface area contributed by atoms with E-state index in [9.17, 15) is 4.79 Å². The van der Waals surface area contributed by atoms with Crippen molar-refractivity contribution in [3.63, 3.8) is 0 Å². The van der Waals surface area contributed by atoms with Crippen molar-refractivity contribution in [2.45, 2.75) is 32.1 Å². The molecule has 86 valence electrons. The Bertz CT molecular complexity index is 232. The Hall–Kier alpha value is -0.610. The molecule has 1 heterocycles. The SMILES string of the molecule is NNC(=O)CN1CCC2CCCCC2C1. The predicted molar refractivity (Wildman–Crippen MR) is 58.8 cm³/mol. The highest BCUT2D eigenvalue weighted by Gasteiger charge is 2.31. The molecule has 0 aromatic rings. The number of nitrogens with zero attached hydrogens (tertiary/aromatic N) is 1. The standard InChI is InChI=1S/C11H21N3O/c12-13-11(15)8-14-6-5-9-3-1-2-4-10(9)7-14/h9-10H,1-8,12H2,(H,13,15). The summed E-state index contributed by atoms with van der Waals surface area (Å²) in [5.41, 5.74) is 2.20. The van der Waals surface area contributed by atoms with Gasteiger partial charge in [-0.3, -0.25) is 15.1 Å². The zero-order valence-electron chi connectivity index (χ0n) is 9.24. The fourth-order valence-electron chi connectivity index (χ4n) is 3.07. The minimum Gasteiger partial charge on any atom is -0.294 e. The summed E-state index contributed by atoms with van der Waals surface area (Å²) in [6.45, 7) is 2.63. The molecule has 0 aromatic heterocycles. The number of nitrogens with one attached hydrogen (secondary N) is 1. The van der Waals surface area contributed by atoms with Crippen LogP contribution in [0.3, 0.4) is 0 Å². The summed E-state index contributed by atoms with van der Waals surface area (Å²) >= 11 is 0. The van der Waals surface area contributed by atoms with Crippen LogP contribution in [0.25, 0.3) is 0 Å². The average Bonchev–Trinajstić information content (AvgIpc) is 2.29. The number of hydrogen-bond acceptors (Lipinski definition) is 3. The van der Waals surface area contributed by atoms with Crippen LogP contribution in [0.2, 0.25) is 0 Å². The van der Waals surface area contributed by atoms with E-state index in [1.54, 1.807) is 0 Å². The molecule has 1 amide bonds. The summed E-state index contributed by atoms with van der Waals surface area (Å²) in [6, 6.07) is 0. The lowest BCUT2D eigenvalue weighted by Gasteiger charge is -2.40.